The first-order valence-corrected chi connectivity index (χ1v) is 6.93. The van der Waals surface area contributed by atoms with Crippen molar-refractivity contribution in [2.24, 2.45) is 0 Å². The average molecular weight is 266 g/mol. The summed E-state index contributed by atoms with van der Waals surface area (Å²) >= 11 is 5.62. The Morgan fingerprint density at radius 2 is 2.39 bits per heavy atom. The van der Waals surface area contributed by atoms with Crippen LogP contribution < -0.4 is 10.1 Å². The maximum Gasteiger partial charge on any atom is 0.120 e. The van der Waals surface area contributed by atoms with E-state index in [1.165, 1.54) is 17.5 Å². The molecule has 98 valence electrons. The van der Waals surface area contributed by atoms with Gasteiger partial charge in [0.2, 0.25) is 0 Å². The maximum absolute atomic E-state index is 5.71. The molecular weight excluding hydrogens is 246 g/mol. The predicted molar refractivity (Wildman–Crippen MR) is 76.3 cm³/mol. The highest BCUT2D eigenvalue weighted by atomic mass is 35.5. The molecule has 0 heterocycles. The summed E-state index contributed by atoms with van der Waals surface area (Å²) < 4.78 is 5.71. The molecule has 18 heavy (non-hydrogen) atoms. The molecule has 1 N–H and O–H groups in total. The second kappa shape index (κ2) is 6.26. The number of aryl methyl sites for hydroxylation is 1. The minimum absolute atomic E-state index is 0.517. The topological polar surface area (TPSA) is 21.3 Å². The van der Waals surface area contributed by atoms with Gasteiger partial charge in [0, 0.05) is 11.6 Å². The van der Waals surface area contributed by atoms with Crippen LogP contribution in [0.15, 0.2) is 29.3 Å². The highest BCUT2D eigenvalue weighted by Crippen LogP contribution is 2.33. The Morgan fingerprint density at radius 3 is 3.11 bits per heavy atom. The molecule has 1 atom stereocenters. The standard InChI is InChI=1S/C15H20ClNO/c1-3-17-15-7-4-12-8-13(5-6-14(12)15)18-10-11(2)9-16/h5-6,8-9,15,17H,3-4,7,10H2,1-2H3/b11-9+. The lowest BCUT2D eigenvalue weighted by molar-refractivity contribution is 0.352. The zero-order valence-electron chi connectivity index (χ0n) is 11.0. The molecule has 2 rings (SSSR count). The van der Waals surface area contributed by atoms with Crippen LogP contribution in [0, 0.1) is 0 Å². The normalized spacial score (nSPS) is 18.8. The summed E-state index contributed by atoms with van der Waals surface area (Å²) in [4.78, 5) is 0. The van der Waals surface area contributed by atoms with Crippen LogP contribution in [-0.2, 0) is 6.42 Å². The monoisotopic (exact) mass is 265 g/mol. The molecule has 3 heteroatoms. The summed E-state index contributed by atoms with van der Waals surface area (Å²) in [5.74, 6) is 0.934. The van der Waals surface area contributed by atoms with Crippen LogP contribution in [0.25, 0.3) is 0 Å². The lowest BCUT2D eigenvalue weighted by Gasteiger charge is -2.13. The summed E-state index contributed by atoms with van der Waals surface area (Å²) in [6.07, 6.45) is 2.32. The number of hydrogen-bond donors (Lipinski definition) is 1. The third-order valence-corrected chi connectivity index (χ3v) is 3.67. The van der Waals surface area contributed by atoms with E-state index in [2.05, 4.69) is 30.4 Å². The molecule has 1 unspecified atom stereocenters. The Hall–Kier alpha value is -0.990. The first kappa shape index (κ1) is 13.4. The number of benzene rings is 1. The van der Waals surface area contributed by atoms with Crippen LogP contribution in [0.2, 0.25) is 0 Å². The molecule has 0 amide bonds. The van der Waals surface area contributed by atoms with Crippen molar-refractivity contribution in [1.29, 1.82) is 0 Å². The largest absolute Gasteiger partial charge is 0.489 e. The Bertz CT molecular complexity index is 442. The minimum Gasteiger partial charge on any atom is -0.489 e. The van der Waals surface area contributed by atoms with Gasteiger partial charge in [-0.15, -0.1) is 0 Å². The van der Waals surface area contributed by atoms with Gasteiger partial charge in [0.05, 0.1) is 0 Å². The second-order valence-electron chi connectivity index (χ2n) is 4.75. The second-order valence-corrected chi connectivity index (χ2v) is 4.97. The van der Waals surface area contributed by atoms with Crippen molar-refractivity contribution in [2.45, 2.75) is 32.7 Å². The Morgan fingerprint density at radius 1 is 1.56 bits per heavy atom. The molecule has 1 aliphatic rings. The lowest BCUT2D eigenvalue weighted by Crippen LogP contribution is -2.18. The lowest BCUT2D eigenvalue weighted by atomic mass is 10.1. The van der Waals surface area contributed by atoms with Crippen molar-refractivity contribution < 1.29 is 4.74 Å². The van der Waals surface area contributed by atoms with Crippen molar-refractivity contribution in [3.05, 3.63) is 40.4 Å². The van der Waals surface area contributed by atoms with E-state index in [0.717, 1.165) is 24.3 Å². The summed E-state index contributed by atoms with van der Waals surface area (Å²) in [6, 6.07) is 6.91. The summed E-state index contributed by atoms with van der Waals surface area (Å²) in [6.45, 7) is 5.68. The van der Waals surface area contributed by atoms with Gasteiger partial charge < -0.3 is 10.1 Å². The Kier molecular flexibility index (Phi) is 4.67. The Labute approximate surface area is 114 Å². The summed E-state index contributed by atoms with van der Waals surface area (Å²) in [5, 5.41) is 3.51. The highest BCUT2D eigenvalue weighted by Gasteiger charge is 2.21. The SMILES string of the molecule is CCNC1CCc2cc(OC/C(C)=C/Cl)ccc21. The van der Waals surface area contributed by atoms with E-state index >= 15 is 0 Å². The van der Waals surface area contributed by atoms with E-state index in [0.29, 0.717) is 12.6 Å². The fourth-order valence-electron chi connectivity index (χ4n) is 2.37. The van der Waals surface area contributed by atoms with Gasteiger partial charge in [-0.25, -0.2) is 0 Å². The molecule has 1 aromatic carbocycles. The van der Waals surface area contributed by atoms with Gasteiger partial charge >= 0.3 is 0 Å². The molecule has 0 bridgehead atoms. The zero-order valence-corrected chi connectivity index (χ0v) is 11.8. The van der Waals surface area contributed by atoms with Crippen molar-refractivity contribution in [2.75, 3.05) is 13.2 Å². The van der Waals surface area contributed by atoms with Crippen molar-refractivity contribution in [1.82, 2.24) is 5.32 Å². The van der Waals surface area contributed by atoms with E-state index in [1.807, 2.05) is 6.92 Å². The van der Waals surface area contributed by atoms with Crippen LogP contribution >= 0.6 is 11.6 Å². The van der Waals surface area contributed by atoms with Gasteiger partial charge in [0.25, 0.3) is 0 Å². The number of halogens is 1. The van der Waals surface area contributed by atoms with Gasteiger partial charge in [-0.1, -0.05) is 24.6 Å². The molecule has 0 saturated carbocycles. The average Bonchev–Trinajstić information content (AvgIpc) is 2.79. The van der Waals surface area contributed by atoms with Gasteiger partial charge in [-0.2, -0.15) is 0 Å². The molecule has 1 aromatic rings. The Balaban J connectivity index is 2.05. The number of fused-ring (bicyclic) bond motifs is 1. The highest BCUT2D eigenvalue weighted by molar-refractivity contribution is 6.25. The van der Waals surface area contributed by atoms with Crippen LogP contribution in [0.4, 0.5) is 0 Å². The molecule has 0 aliphatic heterocycles. The smallest absolute Gasteiger partial charge is 0.120 e. The third-order valence-electron chi connectivity index (χ3n) is 3.30. The molecule has 0 aromatic heterocycles. The zero-order chi connectivity index (χ0) is 13.0. The number of hydrogen-bond acceptors (Lipinski definition) is 2. The predicted octanol–water partition coefficient (Wildman–Crippen LogP) is 3.80. The third kappa shape index (κ3) is 3.06. The fourth-order valence-corrected chi connectivity index (χ4v) is 2.43. The molecular formula is C15H20ClNO. The number of ether oxygens (including phenoxy) is 1. The molecule has 0 radical (unpaired) electrons. The maximum atomic E-state index is 5.71. The first-order valence-electron chi connectivity index (χ1n) is 6.49. The minimum atomic E-state index is 0.517. The molecule has 1 aliphatic carbocycles. The van der Waals surface area contributed by atoms with Crippen molar-refractivity contribution in [3.8, 4) is 5.75 Å². The quantitative estimate of drug-likeness (QED) is 0.874. The van der Waals surface area contributed by atoms with Crippen LogP contribution in [-0.4, -0.2) is 13.2 Å². The van der Waals surface area contributed by atoms with Gasteiger partial charge in [0.15, 0.2) is 0 Å². The van der Waals surface area contributed by atoms with Crippen LogP contribution in [0.5, 0.6) is 5.75 Å². The summed E-state index contributed by atoms with van der Waals surface area (Å²) in [7, 11) is 0. The van der Waals surface area contributed by atoms with Crippen molar-refractivity contribution in [3.63, 3.8) is 0 Å². The van der Waals surface area contributed by atoms with Gasteiger partial charge in [0.1, 0.15) is 12.4 Å². The van der Waals surface area contributed by atoms with E-state index in [-0.39, 0.29) is 0 Å². The molecule has 0 fully saturated rings. The van der Waals surface area contributed by atoms with Crippen LogP contribution in [0.1, 0.15) is 37.4 Å². The molecule has 0 spiro atoms. The van der Waals surface area contributed by atoms with E-state index in [1.54, 1.807) is 5.54 Å². The van der Waals surface area contributed by atoms with E-state index in [4.69, 9.17) is 16.3 Å². The van der Waals surface area contributed by atoms with Crippen LogP contribution in [0.3, 0.4) is 0 Å². The molecule has 2 nitrogen and oxygen atoms in total. The van der Waals surface area contributed by atoms with Crippen molar-refractivity contribution >= 4 is 11.6 Å². The number of rotatable bonds is 5. The van der Waals surface area contributed by atoms with E-state index < -0.39 is 0 Å². The summed E-state index contributed by atoms with van der Waals surface area (Å²) in [5.41, 5.74) is 5.43. The van der Waals surface area contributed by atoms with Gasteiger partial charge in [-0.3, -0.25) is 0 Å². The number of nitrogens with one attached hydrogen (secondary N) is 1. The fraction of sp³-hybridized carbons (Fsp3) is 0.467. The first-order chi connectivity index (χ1) is 8.74. The molecule has 0 saturated heterocycles. The van der Waals surface area contributed by atoms with Gasteiger partial charge in [-0.05, 0) is 55.1 Å². The van der Waals surface area contributed by atoms with E-state index in [9.17, 15) is 0 Å².